The molecule has 0 atom stereocenters. The van der Waals surface area contributed by atoms with E-state index in [1.165, 1.54) is 0 Å². The summed E-state index contributed by atoms with van der Waals surface area (Å²) in [5.41, 5.74) is 6.63. The van der Waals surface area contributed by atoms with Gasteiger partial charge in [0.15, 0.2) is 0 Å². The van der Waals surface area contributed by atoms with Crippen molar-refractivity contribution in [2.75, 3.05) is 24.5 Å². The van der Waals surface area contributed by atoms with E-state index in [1.54, 1.807) is 6.92 Å². The Kier molecular flexibility index (Phi) is 4.74. The number of piperidine rings is 1. The van der Waals surface area contributed by atoms with E-state index in [9.17, 15) is 4.79 Å². The molecule has 1 fully saturated rings. The summed E-state index contributed by atoms with van der Waals surface area (Å²) in [6.45, 7) is 4.89. The molecule has 1 aromatic rings. The van der Waals surface area contributed by atoms with Gasteiger partial charge in [0, 0.05) is 39.3 Å². The van der Waals surface area contributed by atoms with Gasteiger partial charge in [-0.15, -0.1) is 0 Å². The molecule has 1 aromatic heterocycles. The Hall–Kier alpha value is -1.62. The number of anilines is 1. The molecular weight excluding hydrogens is 240 g/mol. The Morgan fingerprint density at radius 1 is 1.47 bits per heavy atom. The van der Waals surface area contributed by atoms with Gasteiger partial charge in [-0.2, -0.15) is 0 Å². The van der Waals surface area contributed by atoms with E-state index in [-0.39, 0.29) is 5.91 Å². The third-order valence-corrected chi connectivity index (χ3v) is 3.62. The monoisotopic (exact) mass is 262 g/mol. The highest BCUT2D eigenvalue weighted by Gasteiger charge is 2.20. The average Bonchev–Trinajstić information content (AvgIpc) is 2.46. The number of rotatable bonds is 4. The van der Waals surface area contributed by atoms with Crippen LogP contribution in [0.2, 0.25) is 0 Å². The zero-order valence-electron chi connectivity index (χ0n) is 11.4. The van der Waals surface area contributed by atoms with Crippen LogP contribution in [0.25, 0.3) is 0 Å². The highest BCUT2D eigenvalue weighted by atomic mass is 16.1. The van der Waals surface area contributed by atoms with Crippen LogP contribution >= 0.6 is 0 Å². The van der Waals surface area contributed by atoms with Gasteiger partial charge in [0.25, 0.3) is 0 Å². The molecule has 104 valence electrons. The fraction of sp³-hybridized carbons (Fsp3) is 0.571. The van der Waals surface area contributed by atoms with E-state index >= 15 is 0 Å². The number of pyridine rings is 1. The van der Waals surface area contributed by atoms with E-state index in [0.29, 0.717) is 12.5 Å². The van der Waals surface area contributed by atoms with Crippen LogP contribution in [-0.4, -0.2) is 30.5 Å². The molecule has 2 rings (SSSR count). The number of hydrogen-bond donors (Lipinski definition) is 2. The third-order valence-electron chi connectivity index (χ3n) is 3.62. The molecule has 0 saturated carbocycles. The van der Waals surface area contributed by atoms with Gasteiger partial charge in [0.2, 0.25) is 5.91 Å². The summed E-state index contributed by atoms with van der Waals surface area (Å²) in [7, 11) is 0. The first-order valence-electron chi connectivity index (χ1n) is 6.83. The van der Waals surface area contributed by atoms with Crippen LogP contribution in [-0.2, 0) is 11.3 Å². The van der Waals surface area contributed by atoms with Crippen molar-refractivity contribution in [3.8, 4) is 0 Å². The second-order valence-corrected chi connectivity index (χ2v) is 5.10. The molecule has 0 unspecified atom stereocenters. The summed E-state index contributed by atoms with van der Waals surface area (Å²) in [5.74, 6) is 1.67. The summed E-state index contributed by atoms with van der Waals surface area (Å²) in [6, 6.07) is 4.07. The van der Waals surface area contributed by atoms with Crippen molar-refractivity contribution < 1.29 is 4.79 Å². The maximum atomic E-state index is 10.9. The number of carbonyl (C=O) groups excluding carboxylic acids is 1. The van der Waals surface area contributed by atoms with Crippen LogP contribution < -0.4 is 16.0 Å². The largest absolute Gasteiger partial charge is 0.357 e. The van der Waals surface area contributed by atoms with Gasteiger partial charge >= 0.3 is 0 Å². The molecule has 0 aliphatic carbocycles. The van der Waals surface area contributed by atoms with Gasteiger partial charge in [-0.05, 0) is 30.4 Å². The molecule has 0 aromatic carbocycles. The van der Waals surface area contributed by atoms with Crippen molar-refractivity contribution in [3.05, 3.63) is 23.9 Å². The maximum absolute atomic E-state index is 10.9. The van der Waals surface area contributed by atoms with Gasteiger partial charge < -0.3 is 16.0 Å². The number of nitrogens with zero attached hydrogens (tertiary/aromatic N) is 2. The minimum absolute atomic E-state index is 0.0569. The van der Waals surface area contributed by atoms with Gasteiger partial charge in [0.05, 0.1) is 0 Å². The number of nitrogens with two attached hydrogens (primary N) is 1. The smallest absolute Gasteiger partial charge is 0.216 e. The quantitative estimate of drug-likeness (QED) is 0.845. The zero-order chi connectivity index (χ0) is 13.7. The van der Waals surface area contributed by atoms with Crippen LogP contribution in [0.5, 0.6) is 0 Å². The van der Waals surface area contributed by atoms with E-state index < -0.39 is 0 Å². The minimum Gasteiger partial charge on any atom is -0.357 e. The van der Waals surface area contributed by atoms with Crippen molar-refractivity contribution in [3.63, 3.8) is 0 Å². The molecule has 1 aliphatic heterocycles. The molecule has 0 radical (unpaired) electrons. The molecule has 19 heavy (non-hydrogen) atoms. The topological polar surface area (TPSA) is 71.2 Å². The average molecular weight is 262 g/mol. The lowest BCUT2D eigenvalue weighted by atomic mass is 9.97. The van der Waals surface area contributed by atoms with Crippen LogP contribution in [0.4, 0.5) is 5.82 Å². The zero-order valence-corrected chi connectivity index (χ0v) is 11.4. The molecule has 0 spiro atoms. The molecule has 0 bridgehead atoms. The Labute approximate surface area is 114 Å². The highest BCUT2D eigenvalue weighted by molar-refractivity contribution is 5.72. The number of hydrogen-bond acceptors (Lipinski definition) is 4. The first kappa shape index (κ1) is 13.8. The van der Waals surface area contributed by atoms with Crippen LogP contribution in [0, 0.1) is 5.92 Å². The van der Waals surface area contributed by atoms with E-state index in [4.69, 9.17) is 5.73 Å². The maximum Gasteiger partial charge on any atom is 0.216 e. The Morgan fingerprint density at radius 3 is 2.74 bits per heavy atom. The van der Waals surface area contributed by atoms with E-state index in [2.05, 4.69) is 15.2 Å². The first-order chi connectivity index (χ1) is 9.19. The summed E-state index contributed by atoms with van der Waals surface area (Å²) in [4.78, 5) is 17.6. The van der Waals surface area contributed by atoms with Crippen molar-refractivity contribution in [1.29, 1.82) is 0 Å². The number of nitrogens with one attached hydrogen (secondary N) is 1. The number of carbonyl (C=O) groups is 1. The minimum atomic E-state index is 0.0569. The lowest BCUT2D eigenvalue weighted by Crippen LogP contribution is -2.38. The standard InChI is InChI=1S/C14H22N4O/c1-11(19)16-9-12-4-6-18(7-5-12)14-3-2-13(8-15)10-17-14/h2-3,10,12H,4-9,15H2,1H3,(H,16,19). The predicted octanol–water partition coefficient (Wildman–Crippen LogP) is 0.893. The Bertz CT molecular complexity index is 410. The van der Waals surface area contributed by atoms with Gasteiger partial charge in [-0.1, -0.05) is 6.07 Å². The highest BCUT2D eigenvalue weighted by Crippen LogP contribution is 2.21. The molecule has 5 nitrogen and oxygen atoms in total. The molecule has 3 N–H and O–H groups in total. The third kappa shape index (κ3) is 3.92. The van der Waals surface area contributed by atoms with Crippen LogP contribution in [0.3, 0.4) is 0 Å². The molecule has 1 aliphatic rings. The fourth-order valence-electron chi connectivity index (χ4n) is 2.38. The SMILES string of the molecule is CC(=O)NCC1CCN(c2ccc(CN)cn2)CC1. The summed E-state index contributed by atoms with van der Waals surface area (Å²) in [5, 5.41) is 2.90. The summed E-state index contributed by atoms with van der Waals surface area (Å²) in [6.07, 6.45) is 4.04. The van der Waals surface area contributed by atoms with Crippen molar-refractivity contribution in [1.82, 2.24) is 10.3 Å². The second-order valence-electron chi connectivity index (χ2n) is 5.10. The predicted molar refractivity (Wildman–Crippen MR) is 75.7 cm³/mol. The number of amides is 1. The lowest BCUT2D eigenvalue weighted by Gasteiger charge is -2.32. The Balaban J connectivity index is 1.83. The molecule has 2 heterocycles. The van der Waals surface area contributed by atoms with Gasteiger partial charge in [-0.25, -0.2) is 4.98 Å². The lowest BCUT2D eigenvalue weighted by molar-refractivity contribution is -0.119. The van der Waals surface area contributed by atoms with E-state index in [0.717, 1.165) is 43.9 Å². The molecule has 1 saturated heterocycles. The first-order valence-corrected chi connectivity index (χ1v) is 6.83. The summed E-state index contributed by atoms with van der Waals surface area (Å²) >= 11 is 0. The molecule has 1 amide bonds. The molecule has 5 heteroatoms. The fourth-order valence-corrected chi connectivity index (χ4v) is 2.38. The Morgan fingerprint density at radius 2 is 2.21 bits per heavy atom. The van der Waals surface area contributed by atoms with Crippen molar-refractivity contribution in [2.45, 2.75) is 26.3 Å². The number of aromatic nitrogens is 1. The van der Waals surface area contributed by atoms with Crippen LogP contribution in [0.15, 0.2) is 18.3 Å². The van der Waals surface area contributed by atoms with Gasteiger partial charge in [-0.3, -0.25) is 4.79 Å². The van der Waals surface area contributed by atoms with Crippen LogP contribution in [0.1, 0.15) is 25.3 Å². The van der Waals surface area contributed by atoms with Gasteiger partial charge in [0.1, 0.15) is 5.82 Å². The summed E-state index contributed by atoms with van der Waals surface area (Å²) < 4.78 is 0. The normalized spacial score (nSPS) is 16.4. The van der Waals surface area contributed by atoms with Crippen molar-refractivity contribution in [2.24, 2.45) is 11.7 Å². The van der Waals surface area contributed by atoms with Crippen molar-refractivity contribution >= 4 is 11.7 Å². The second kappa shape index (κ2) is 6.52. The molecular formula is C14H22N4O. The van der Waals surface area contributed by atoms with E-state index in [1.807, 2.05) is 18.3 Å².